The molecule has 0 aliphatic heterocycles. The maximum atomic E-state index is 6.03. The van der Waals surface area contributed by atoms with Crippen molar-refractivity contribution in [1.82, 2.24) is 10.3 Å². The summed E-state index contributed by atoms with van der Waals surface area (Å²) in [4.78, 5) is 3.26. The molecule has 4 aromatic rings. The second-order valence-electron chi connectivity index (χ2n) is 6.99. The first kappa shape index (κ1) is 19.0. The van der Waals surface area contributed by atoms with Crippen molar-refractivity contribution in [1.29, 1.82) is 0 Å². The van der Waals surface area contributed by atoms with Gasteiger partial charge in [-0.25, -0.2) is 0 Å². The van der Waals surface area contributed by atoms with E-state index in [-0.39, 0.29) is 0 Å². The van der Waals surface area contributed by atoms with Crippen LogP contribution < -0.4 is 10.1 Å². The maximum absolute atomic E-state index is 6.03. The Balaban J connectivity index is 1.31. The van der Waals surface area contributed by atoms with Gasteiger partial charge >= 0.3 is 0 Å². The number of benzene rings is 3. The normalized spacial score (nSPS) is 11.3. The number of rotatable bonds is 9. The molecule has 0 bridgehead atoms. The highest BCUT2D eigenvalue weighted by molar-refractivity contribution is 5.91. The molecule has 0 atom stereocenters. The van der Waals surface area contributed by atoms with Gasteiger partial charge in [-0.3, -0.25) is 0 Å². The predicted molar refractivity (Wildman–Crippen MR) is 122 cm³/mol. The monoisotopic (exact) mass is 382 g/mol. The van der Waals surface area contributed by atoms with Crippen molar-refractivity contribution in [2.24, 2.45) is 0 Å². The lowest BCUT2D eigenvalue weighted by Gasteiger charge is -2.10. The lowest BCUT2D eigenvalue weighted by atomic mass is 10.1. The summed E-state index contributed by atoms with van der Waals surface area (Å²) in [5.41, 5.74) is 4.79. The van der Waals surface area contributed by atoms with Crippen molar-refractivity contribution >= 4 is 23.1 Å². The molecule has 3 heteroatoms. The minimum absolute atomic E-state index is 0.646. The summed E-state index contributed by atoms with van der Waals surface area (Å²) in [5.74, 6) is 0.912. The molecule has 146 valence electrons. The summed E-state index contributed by atoms with van der Waals surface area (Å²) in [6.45, 7) is 2.43. The fourth-order valence-electron chi connectivity index (χ4n) is 3.42. The third-order valence-corrected chi connectivity index (χ3v) is 4.96. The van der Waals surface area contributed by atoms with Crippen LogP contribution in [0.15, 0.2) is 85.1 Å². The van der Waals surface area contributed by atoms with Gasteiger partial charge in [-0.15, -0.1) is 0 Å². The Labute approximate surface area is 172 Å². The van der Waals surface area contributed by atoms with Crippen molar-refractivity contribution < 1.29 is 4.74 Å². The van der Waals surface area contributed by atoms with Crippen molar-refractivity contribution in [2.75, 3.05) is 19.7 Å². The molecule has 0 unspecified atom stereocenters. The Morgan fingerprint density at radius 2 is 1.55 bits per heavy atom. The van der Waals surface area contributed by atoms with Crippen LogP contribution in [0, 0.1) is 0 Å². The number of aromatic amines is 1. The third-order valence-electron chi connectivity index (χ3n) is 4.96. The summed E-state index contributed by atoms with van der Waals surface area (Å²) in [7, 11) is 0. The zero-order valence-electron chi connectivity index (χ0n) is 16.5. The summed E-state index contributed by atoms with van der Waals surface area (Å²) in [6.07, 6.45) is 7.28. The van der Waals surface area contributed by atoms with E-state index in [0.717, 1.165) is 36.3 Å². The van der Waals surface area contributed by atoms with Gasteiger partial charge in [-0.2, -0.15) is 0 Å². The third kappa shape index (κ3) is 5.15. The number of aromatic nitrogens is 1. The number of fused-ring (bicyclic) bond motifs is 1. The predicted octanol–water partition coefficient (Wildman–Crippen LogP) is 5.55. The van der Waals surface area contributed by atoms with Crippen LogP contribution in [0.5, 0.6) is 5.75 Å². The maximum Gasteiger partial charge on any atom is 0.126 e. The van der Waals surface area contributed by atoms with Gasteiger partial charge < -0.3 is 15.0 Å². The minimum atomic E-state index is 0.646. The van der Waals surface area contributed by atoms with Gasteiger partial charge in [0.2, 0.25) is 0 Å². The number of ether oxygens (including phenoxy) is 1. The zero-order chi connectivity index (χ0) is 19.7. The highest BCUT2D eigenvalue weighted by atomic mass is 16.5. The summed E-state index contributed by atoms with van der Waals surface area (Å²) in [6, 6.07) is 27.1. The van der Waals surface area contributed by atoms with E-state index in [0.29, 0.717) is 6.61 Å². The SMILES string of the molecule is C(=C\c1cccc2[nH]ccc12)/c1ccccc1OCCNCCc1ccccc1. The van der Waals surface area contributed by atoms with Gasteiger partial charge in [0.25, 0.3) is 0 Å². The van der Waals surface area contributed by atoms with E-state index in [2.05, 4.69) is 83.1 Å². The zero-order valence-corrected chi connectivity index (χ0v) is 16.5. The topological polar surface area (TPSA) is 37.0 Å². The summed E-state index contributed by atoms with van der Waals surface area (Å²) in [5, 5.41) is 4.68. The van der Waals surface area contributed by atoms with Gasteiger partial charge in [0.15, 0.2) is 0 Å². The molecule has 29 heavy (non-hydrogen) atoms. The smallest absolute Gasteiger partial charge is 0.126 e. The van der Waals surface area contributed by atoms with E-state index >= 15 is 0 Å². The van der Waals surface area contributed by atoms with E-state index < -0.39 is 0 Å². The van der Waals surface area contributed by atoms with E-state index in [1.165, 1.54) is 16.5 Å². The van der Waals surface area contributed by atoms with Crippen LogP contribution in [0.1, 0.15) is 16.7 Å². The molecule has 1 heterocycles. The Kier molecular flexibility index (Phi) is 6.41. The highest BCUT2D eigenvalue weighted by Gasteiger charge is 2.02. The van der Waals surface area contributed by atoms with Crippen LogP contribution in [-0.2, 0) is 6.42 Å². The van der Waals surface area contributed by atoms with Crippen molar-refractivity contribution in [3.05, 3.63) is 102 Å². The van der Waals surface area contributed by atoms with Crippen molar-refractivity contribution in [3.8, 4) is 5.75 Å². The van der Waals surface area contributed by atoms with Gasteiger partial charge in [-0.1, -0.05) is 72.8 Å². The Morgan fingerprint density at radius 1 is 0.759 bits per heavy atom. The van der Waals surface area contributed by atoms with Crippen LogP contribution in [0.25, 0.3) is 23.1 Å². The first-order valence-corrected chi connectivity index (χ1v) is 10.1. The van der Waals surface area contributed by atoms with Crippen molar-refractivity contribution in [2.45, 2.75) is 6.42 Å². The quantitative estimate of drug-likeness (QED) is 0.294. The number of nitrogens with one attached hydrogen (secondary N) is 2. The molecule has 0 amide bonds. The van der Waals surface area contributed by atoms with E-state index in [4.69, 9.17) is 4.74 Å². The fourth-order valence-corrected chi connectivity index (χ4v) is 3.42. The second-order valence-corrected chi connectivity index (χ2v) is 6.99. The first-order chi connectivity index (χ1) is 14.4. The molecule has 0 saturated heterocycles. The second kappa shape index (κ2) is 9.76. The summed E-state index contributed by atoms with van der Waals surface area (Å²) < 4.78 is 6.03. The number of H-pyrrole nitrogens is 1. The van der Waals surface area contributed by atoms with Gasteiger partial charge in [0.05, 0.1) is 0 Å². The number of para-hydroxylation sites is 1. The van der Waals surface area contributed by atoms with Crippen molar-refractivity contribution in [3.63, 3.8) is 0 Å². The minimum Gasteiger partial charge on any atom is -0.492 e. The van der Waals surface area contributed by atoms with E-state index in [1.54, 1.807) is 0 Å². The van der Waals surface area contributed by atoms with E-state index in [1.807, 2.05) is 24.4 Å². The largest absolute Gasteiger partial charge is 0.492 e. The molecule has 3 aromatic carbocycles. The molecule has 4 rings (SSSR count). The standard InChI is InChI=1S/C26H26N2O/c1-2-7-21(8-3-1)15-17-27-19-20-29-26-12-5-4-9-23(26)14-13-22-10-6-11-25-24(22)16-18-28-25/h1-14,16,18,27-28H,15,17,19-20H2/b14-13+. The fraction of sp³-hybridized carbons (Fsp3) is 0.154. The summed E-state index contributed by atoms with van der Waals surface area (Å²) >= 11 is 0. The lowest BCUT2D eigenvalue weighted by molar-refractivity contribution is 0.314. The van der Waals surface area contributed by atoms with Gasteiger partial charge in [0.1, 0.15) is 12.4 Å². The molecule has 0 fully saturated rings. The van der Waals surface area contributed by atoms with Crippen LogP contribution in [-0.4, -0.2) is 24.7 Å². The Hall–Kier alpha value is -3.30. The number of hydrogen-bond acceptors (Lipinski definition) is 2. The number of hydrogen-bond donors (Lipinski definition) is 2. The molecule has 0 aliphatic rings. The van der Waals surface area contributed by atoms with Crippen LogP contribution >= 0.6 is 0 Å². The molecule has 0 radical (unpaired) electrons. The van der Waals surface area contributed by atoms with Crippen LogP contribution in [0.3, 0.4) is 0 Å². The molecular formula is C26H26N2O. The van der Waals surface area contributed by atoms with Gasteiger partial charge in [0, 0.05) is 29.2 Å². The lowest BCUT2D eigenvalue weighted by Crippen LogP contribution is -2.23. The van der Waals surface area contributed by atoms with Gasteiger partial charge in [-0.05, 0) is 42.3 Å². The van der Waals surface area contributed by atoms with Crippen LogP contribution in [0.4, 0.5) is 0 Å². The average Bonchev–Trinajstić information content (AvgIpc) is 3.26. The molecule has 1 aromatic heterocycles. The molecule has 2 N–H and O–H groups in total. The highest BCUT2D eigenvalue weighted by Crippen LogP contribution is 2.23. The molecule has 0 saturated carbocycles. The average molecular weight is 383 g/mol. The Bertz CT molecular complexity index is 1070. The molecule has 3 nitrogen and oxygen atoms in total. The molecule has 0 spiro atoms. The van der Waals surface area contributed by atoms with E-state index in [9.17, 15) is 0 Å². The van der Waals surface area contributed by atoms with Crippen LogP contribution in [0.2, 0.25) is 0 Å². The molecule has 0 aliphatic carbocycles. The Morgan fingerprint density at radius 3 is 2.48 bits per heavy atom. The molecular weight excluding hydrogens is 356 g/mol. The first-order valence-electron chi connectivity index (χ1n) is 10.1.